The summed E-state index contributed by atoms with van der Waals surface area (Å²) < 4.78 is 5.31. The van der Waals surface area contributed by atoms with Gasteiger partial charge >= 0.3 is 0 Å². The highest BCUT2D eigenvalue weighted by Gasteiger charge is 2.24. The summed E-state index contributed by atoms with van der Waals surface area (Å²) in [6.45, 7) is 3.27. The van der Waals surface area contributed by atoms with Crippen LogP contribution in [0.2, 0.25) is 0 Å². The lowest BCUT2D eigenvalue weighted by Gasteiger charge is -2.30. The molecule has 0 aromatic heterocycles. The Balaban J connectivity index is 2.23. The van der Waals surface area contributed by atoms with E-state index in [1.165, 1.54) is 0 Å². The Morgan fingerprint density at radius 2 is 2.00 bits per heavy atom. The Kier molecular flexibility index (Phi) is 6.19. The van der Waals surface area contributed by atoms with Gasteiger partial charge < -0.3 is 9.64 Å². The number of carbonyl (C=O) groups is 2. The van der Waals surface area contributed by atoms with E-state index in [-0.39, 0.29) is 11.9 Å². The minimum atomic E-state index is 0.125. The highest BCUT2D eigenvalue weighted by atomic mass is 16.5. The van der Waals surface area contributed by atoms with Crippen molar-refractivity contribution >= 4 is 11.7 Å². The van der Waals surface area contributed by atoms with Crippen LogP contribution in [0, 0.1) is 0 Å². The molecule has 0 aromatic carbocycles. The number of carbonyl (C=O) groups excluding carboxylic acids is 2. The van der Waals surface area contributed by atoms with E-state index in [1.54, 1.807) is 4.90 Å². The third kappa shape index (κ3) is 4.86. The molecule has 1 rings (SSSR count). The first kappa shape index (κ1) is 14.2. The third-order valence-corrected chi connectivity index (χ3v) is 3.26. The van der Waals surface area contributed by atoms with Crippen molar-refractivity contribution in [3.63, 3.8) is 0 Å². The Morgan fingerprint density at radius 1 is 1.35 bits per heavy atom. The lowest BCUT2D eigenvalue weighted by Crippen LogP contribution is -2.39. The molecule has 1 amide bonds. The predicted octanol–water partition coefficient (Wildman–Crippen LogP) is 1.77. The molecule has 0 heterocycles. The van der Waals surface area contributed by atoms with Gasteiger partial charge in [0.05, 0.1) is 13.0 Å². The fraction of sp³-hybridized carbons (Fsp3) is 0.846. The summed E-state index contributed by atoms with van der Waals surface area (Å²) in [6, 6.07) is 0.242. The van der Waals surface area contributed by atoms with Crippen LogP contribution < -0.4 is 0 Å². The standard InChI is InChI=1S/C13H23NO3/c1-3-9-17-10-8-13(16)14(2)11-4-6-12(15)7-5-11/h11H,3-10H2,1-2H3. The lowest BCUT2D eigenvalue weighted by atomic mass is 9.93. The summed E-state index contributed by atoms with van der Waals surface area (Å²) >= 11 is 0. The quantitative estimate of drug-likeness (QED) is 0.666. The Labute approximate surface area is 103 Å². The van der Waals surface area contributed by atoms with Gasteiger partial charge in [0.15, 0.2) is 0 Å². The zero-order valence-electron chi connectivity index (χ0n) is 10.9. The van der Waals surface area contributed by atoms with Gasteiger partial charge in [-0.3, -0.25) is 9.59 Å². The second kappa shape index (κ2) is 7.43. The van der Waals surface area contributed by atoms with Gasteiger partial charge in [-0.25, -0.2) is 0 Å². The number of ether oxygens (including phenoxy) is 1. The van der Waals surface area contributed by atoms with Crippen LogP contribution in [0.15, 0.2) is 0 Å². The van der Waals surface area contributed by atoms with E-state index >= 15 is 0 Å². The maximum atomic E-state index is 11.8. The molecule has 0 aliphatic heterocycles. The molecular formula is C13H23NO3. The summed E-state index contributed by atoms with van der Waals surface area (Å²) in [5.74, 6) is 0.453. The van der Waals surface area contributed by atoms with E-state index in [0.717, 1.165) is 25.9 Å². The minimum absolute atomic E-state index is 0.125. The molecule has 0 N–H and O–H groups in total. The molecule has 0 bridgehead atoms. The summed E-state index contributed by atoms with van der Waals surface area (Å²) in [5.41, 5.74) is 0. The van der Waals surface area contributed by atoms with Crippen molar-refractivity contribution in [3.8, 4) is 0 Å². The van der Waals surface area contributed by atoms with E-state index in [2.05, 4.69) is 0 Å². The zero-order valence-corrected chi connectivity index (χ0v) is 10.9. The van der Waals surface area contributed by atoms with E-state index in [0.29, 0.717) is 31.7 Å². The van der Waals surface area contributed by atoms with Crippen molar-refractivity contribution in [2.24, 2.45) is 0 Å². The molecule has 0 spiro atoms. The molecular weight excluding hydrogens is 218 g/mol. The number of Topliss-reactive ketones (excluding diaryl/α,β-unsaturated/α-hetero) is 1. The molecule has 1 saturated carbocycles. The van der Waals surface area contributed by atoms with Crippen molar-refractivity contribution < 1.29 is 14.3 Å². The Bertz CT molecular complexity index is 255. The van der Waals surface area contributed by atoms with Crippen LogP contribution in [-0.4, -0.2) is 42.9 Å². The summed E-state index contributed by atoms with van der Waals surface area (Å²) in [5, 5.41) is 0. The number of rotatable bonds is 6. The average Bonchev–Trinajstić information content (AvgIpc) is 2.34. The van der Waals surface area contributed by atoms with Crippen LogP contribution in [0.1, 0.15) is 45.4 Å². The largest absolute Gasteiger partial charge is 0.381 e. The second-order valence-corrected chi connectivity index (χ2v) is 4.64. The van der Waals surface area contributed by atoms with Crippen molar-refractivity contribution in [1.82, 2.24) is 4.90 Å². The molecule has 0 saturated heterocycles. The molecule has 0 atom stereocenters. The van der Waals surface area contributed by atoms with E-state index in [4.69, 9.17) is 4.74 Å². The van der Waals surface area contributed by atoms with Crippen LogP contribution in [0.4, 0.5) is 0 Å². The highest BCUT2D eigenvalue weighted by molar-refractivity contribution is 5.80. The molecule has 1 fully saturated rings. The van der Waals surface area contributed by atoms with Gasteiger partial charge in [-0.05, 0) is 19.3 Å². The monoisotopic (exact) mass is 241 g/mol. The number of hydrogen-bond acceptors (Lipinski definition) is 3. The molecule has 17 heavy (non-hydrogen) atoms. The van der Waals surface area contributed by atoms with Gasteiger partial charge in [-0.2, -0.15) is 0 Å². The van der Waals surface area contributed by atoms with Gasteiger partial charge in [-0.1, -0.05) is 6.92 Å². The van der Waals surface area contributed by atoms with Crippen LogP contribution in [-0.2, 0) is 14.3 Å². The number of nitrogens with zero attached hydrogens (tertiary/aromatic N) is 1. The van der Waals surface area contributed by atoms with Crippen molar-refractivity contribution in [2.45, 2.75) is 51.5 Å². The normalized spacial score (nSPS) is 17.2. The summed E-state index contributed by atoms with van der Waals surface area (Å²) in [4.78, 5) is 24.8. The fourth-order valence-corrected chi connectivity index (χ4v) is 2.10. The predicted molar refractivity (Wildman–Crippen MR) is 65.8 cm³/mol. The van der Waals surface area contributed by atoms with Crippen LogP contribution in [0.3, 0.4) is 0 Å². The maximum absolute atomic E-state index is 11.8. The average molecular weight is 241 g/mol. The van der Waals surface area contributed by atoms with Gasteiger partial charge in [0, 0.05) is 32.5 Å². The van der Waals surface area contributed by atoms with Gasteiger partial charge in [0.1, 0.15) is 5.78 Å². The zero-order chi connectivity index (χ0) is 12.7. The van der Waals surface area contributed by atoms with E-state index < -0.39 is 0 Å². The fourth-order valence-electron chi connectivity index (χ4n) is 2.10. The van der Waals surface area contributed by atoms with Crippen molar-refractivity contribution in [3.05, 3.63) is 0 Å². The molecule has 0 aromatic rings. The maximum Gasteiger partial charge on any atom is 0.224 e. The molecule has 1 aliphatic rings. The van der Waals surface area contributed by atoms with Gasteiger partial charge in [0.25, 0.3) is 0 Å². The molecule has 4 heteroatoms. The first-order valence-corrected chi connectivity index (χ1v) is 6.50. The molecule has 1 aliphatic carbocycles. The molecule has 0 radical (unpaired) electrons. The topological polar surface area (TPSA) is 46.6 Å². The lowest BCUT2D eigenvalue weighted by molar-refractivity contribution is -0.135. The number of hydrogen-bond donors (Lipinski definition) is 0. The van der Waals surface area contributed by atoms with Crippen LogP contribution in [0.5, 0.6) is 0 Å². The first-order valence-electron chi connectivity index (χ1n) is 6.50. The highest BCUT2D eigenvalue weighted by Crippen LogP contribution is 2.19. The first-order chi connectivity index (χ1) is 8.15. The van der Waals surface area contributed by atoms with Crippen LogP contribution in [0.25, 0.3) is 0 Å². The Morgan fingerprint density at radius 3 is 2.59 bits per heavy atom. The molecule has 98 valence electrons. The van der Waals surface area contributed by atoms with Gasteiger partial charge in [-0.15, -0.1) is 0 Å². The van der Waals surface area contributed by atoms with Crippen molar-refractivity contribution in [2.75, 3.05) is 20.3 Å². The number of ketones is 1. The van der Waals surface area contributed by atoms with Crippen LogP contribution >= 0.6 is 0 Å². The minimum Gasteiger partial charge on any atom is -0.381 e. The smallest absolute Gasteiger partial charge is 0.224 e. The molecule has 4 nitrogen and oxygen atoms in total. The summed E-state index contributed by atoms with van der Waals surface area (Å²) in [6.07, 6.45) is 4.30. The number of amides is 1. The van der Waals surface area contributed by atoms with E-state index in [1.807, 2.05) is 14.0 Å². The Hall–Kier alpha value is -0.900. The SMILES string of the molecule is CCCOCCC(=O)N(C)C1CCC(=O)CC1. The second-order valence-electron chi connectivity index (χ2n) is 4.64. The van der Waals surface area contributed by atoms with E-state index in [9.17, 15) is 9.59 Å². The molecule has 0 unspecified atom stereocenters. The van der Waals surface area contributed by atoms with Gasteiger partial charge in [0.2, 0.25) is 5.91 Å². The summed E-state index contributed by atoms with van der Waals surface area (Å²) in [7, 11) is 1.84. The third-order valence-electron chi connectivity index (χ3n) is 3.26. The van der Waals surface area contributed by atoms with Crippen molar-refractivity contribution in [1.29, 1.82) is 0 Å².